The highest BCUT2D eigenvalue weighted by Gasteiger charge is 2.17. The molecule has 1 aromatic heterocycles. The van der Waals surface area contributed by atoms with E-state index >= 15 is 0 Å². The molecule has 1 amide bonds. The molecule has 0 bridgehead atoms. The third kappa shape index (κ3) is 3.93. The molecule has 7 nitrogen and oxygen atoms in total. The van der Waals surface area contributed by atoms with Crippen LogP contribution in [0.2, 0.25) is 5.02 Å². The Balaban J connectivity index is 1.67. The Bertz CT molecular complexity index is 920. The Hall–Kier alpha value is -2.93. The highest BCUT2D eigenvalue weighted by molar-refractivity contribution is 6.30. The summed E-state index contributed by atoms with van der Waals surface area (Å²) in [5, 5.41) is 14.9. The fourth-order valence-electron chi connectivity index (χ4n) is 3.25. The van der Waals surface area contributed by atoms with Crippen LogP contribution in [0.5, 0.6) is 0 Å². The molecule has 1 aliphatic heterocycles. The van der Waals surface area contributed by atoms with Crippen molar-refractivity contribution in [2.75, 3.05) is 23.3 Å². The van der Waals surface area contributed by atoms with E-state index in [9.17, 15) is 4.79 Å². The summed E-state index contributed by atoms with van der Waals surface area (Å²) in [4.78, 5) is 15.0. The van der Waals surface area contributed by atoms with E-state index in [-0.39, 0.29) is 5.91 Å². The van der Waals surface area contributed by atoms with E-state index in [2.05, 4.69) is 25.7 Å². The lowest BCUT2D eigenvalue weighted by Crippen LogP contribution is -2.30. The summed E-state index contributed by atoms with van der Waals surface area (Å²) in [7, 11) is 0. The fraction of sp³-hybridized carbons (Fsp3) is 0.263. The molecule has 0 aliphatic carbocycles. The van der Waals surface area contributed by atoms with Crippen molar-refractivity contribution >= 4 is 28.9 Å². The molecule has 0 radical (unpaired) electrons. The van der Waals surface area contributed by atoms with Gasteiger partial charge in [-0.25, -0.2) is 4.68 Å². The number of benzene rings is 2. The van der Waals surface area contributed by atoms with Crippen LogP contribution in [-0.4, -0.2) is 39.2 Å². The Morgan fingerprint density at radius 2 is 1.81 bits per heavy atom. The quantitative estimate of drug-likeness (QED) is 0.746. The number of hydrogen-bond acceptors (Lipinski definition) is 5. The van der Waals surface area contributed by atoms with Gasteiger partial charge >= 0.3 is 0 Å². The van der Waals surface area contributed by atoms with Gasteiger partial charge in [0, 0.05) is 23.7 Å². The summed E-state index contributed by atoms with van der Waals surface area (Å²) in [5.41, 5.74) is 3.09. The van der Waals surface area contributed by atoms with Gasteiger partial charge in [0.05, 0.1) is 17.1 Å². The maximum atomic E-state index is 12.7. The molecule has 0 unspecified atom stereocenters. The molecule has 1 aliphatic rings. The van der Waals surface area contributed by atoms with Crippen LogP contribution in [0.25, 0.3) is 5.69 Å². The minimum absolute atomic E-state index is 0.182. The maximum absolute atomic E-state index is 12.7. The summed E-state index contributed by atoms with van der Waals surface area (Å²) >= 11 is 5.92. The zero-order chi connectivity index (χ0) is 18.6. The summed E-state index contributed by atoms with van der Waals surface area (Å²) in [6.45, 7) is 1.96. The molecule has 1 N–H and O–H groups in total. The molecule has 138 valence electrons. The minimum Gasteiger partial charge on any atom is -0.370 e. The number of halogens is 1. The highest BCUT2D eigenvalue weighted by atomic mass is 35.5. The van der Waals surface area contributed by atoms with Crippen LogP contribution in [0.4, 0.5) is 11.4 Å². The second kappa shape index (κ2) is 7.75. The lowest BCUT2D eigenvalue weighted by Gasteiger charge is -2.30. The summed E-state index contributed by atoms with van der Waals surface area (Å²) in [6, 6.07) is 12.7. The van der Waals surface area contributed by atoms with Gasteiger partial charge in [-0.2, -0.15) is 0 Å². The van der Waals surface area contributed by atoms with Crippen LogP contribution in [0.3, 0.4) is 0 Å². The van der Waals surface area contributed by atoms with E-state index in [1.807, 2.05) is 18.2 Å². The van der Waals surface area contributed by atoms with Gasteiger partial charge in [-0.05, 0) is 72.2 Å². The van der Waals surface area contributed by atoms with E-state index in [1.54, 1.807) is 28.9 Å². The van der Waals surface area contributed by atoms with Crippen molar-refractivity contribution in [1.82, 2.24) is 20.2 Å². The van der Waals surface area contributed by atoms with Gasteiger partial charge in [-0.15, -0.1) is 5.10 Å². The fourth-order valence-corrected chi connectivity index (χ4v) is 3.38. The van der Waals surface area contributed by atoms with Crippen LogP contribution < -0.4 is 10.2 Å². The zero-order valence-corrected chi connectivity index (χ0v) is 15.4. The second-order valence-corrected chi connectivity index (χ2v) is 6.90. The van der Waals surface area contributed by atoms with Crippen molar-refractivity contribution in [2.24, 2.45) is 0 Å². The molecule has 1 saturated heterocycles. The first-order valence-corrected chi connectivity index (χ1v) is 9.28. The van der Waals surface area contributed by atoms with E-state index in [0.29, 0.717) is 10.6 Å². The van der Waals surface area contributed by atoms with Crippen LogP contribution in [0.15, 0.2) is 48.8 Å². The number of carbonyl (C=O) groups is 1. The predicted octanol–water partition coefficient (Wildman–Crippen LogP) is 3.56. The van der Waals surface area contributed by atoms with Gasteiger partial charge in [0.25, 0.3) is 5.91 Å². The van der Waals surface area contributed by atoms with E-state index in [0.717, 1.165) is 43.0 Å². The predicted molar refractivity (Wildman–Crippen MR) is 105 cm³/mol. The molecule has 0 saturated carbocycles. The number of nitrogens with zero attached hydrogens (tertiary/aromatic N) is 5. The molecule has 3 aromatic rings. The van der Waals surface area contributed by atoms with E-state index in [1.165, 1.54) is 12.7 Å². The molecule has 0 atom stereocenters. The van der Waals surface area contributed by atoms with Gasteiger partial charge in [-0.1, -0.05) is 11.6 Å². The topological polar surface area (TPSA) is 75.9 Å². The molecule has 1 fully saturated rings. The smallest absolute Gasteiger partial charge is 0.255 e. The van der Waals surface area contributed by atoms with Crippen molar-refractivity contribution in [3.05, 3.63) is 59.4 Å². The third-order valence-corrected chi connectivity index (χ3v) is 4.90. The summed E-state index contributed by atoms with van der Waals surface area (Å²) in [5.74, 6) is -0.182. The van der Waals surface area contributed by atoms with Crippen molar-refractivity contribution in [3.63, 3.8) is 0 Å². The minimum atomic E-state index is -0.182. The number of aromatic nitrogens is 4. The normalized spacial score (nSPS) is 14.2. The third-order valence-electron chi connectivity index (χ3n) is 4.65. The molecule has 4 rings (SSSR count). The SMILES string of the molecule is O=C(Nc1cc(-n2cnnn2)ccc1N1CCCCC1)c1ccc(Cl)cc1. The van der Waals surface area contributed by atoms with Gasteiger partial charge in [0.1, 0.15) is 6.33 Å². The molecule has 27 heavy (non-hydrogen) atoms. The Kier molecular flexibility index (Phi) is 5.02. The Morgan fingerprint density at radius 3 is 2.52 bits per heavy atom. The number of hydrogen-bond donors (Lipinski definition) is 1. The van der Waals surface area contributed by atoms with Gasteiger partial charge in [-0.3, -0.25) is 4.79 Å². The molecule has 2 heterocycles. The number of tetrazole rings is 1. The van der Waals surface area contributed by atoms with Crippen LogP contribution in [0.1, 0.15) is 29.6 Å². The molecule has 0 spiro atoms. The van der Waals surface area contributed by atoms with Crippen LogP contribution in [-0.2, 0) is 0 Å². The second-order valence-electron chi connectivity index (χ2n) is 6.46. The van der Waals surface area contributed by atoms with Gasteiger partial charge in [0.2, 0.25) is 0 Å². The number of rotatable bonds is 4. The monoisotopic (exact) mass is 382 g/mol. The van der Waals surface area contributed by atoms with Gasteiger partial charge < -0.3 is 10.2 Å². The Labute approximate surface area is 161 Å². The molecular formula is C19H19ClN6O. The van der Waals surface area contributed by atoms with Crippen LogP contribution >= 0.6 is 11.6 Å². The maximum Gasteiger partial charge on any atom is 0.255 e. The first kappa shape index (κ1) is 17.5. The number of nitrogens with one attached hydrogen (secondary N) is 1. The first-order valence-electron chi connectivity index (χ1n) is 8.90. The number of amides is 1. The molecule has 8 heteroatoms. The zero-order valence-electron chi connectivity index (χ0n) is 14.7. The number of anilines is 2. The average Bonchev–Trinajstić information content (AvgIpc) is 3.24. The van der Waals surface area contributed by atoms with Crippen molar-refractivity contribution < 1.29 is 4.79 Å². The summed E-state index contributed by atoms with van der Waals surface area (Å²) < 4.78 is 1.57. The number of carbonyl (C=O) groups excluding carboxylic acids is 1. The highest BCUT2D eigenvalue weighted by Crippen LogP contribution is 2.31. The van der Waals surface area contributed by atoms with Crippen molar-refractivity contribution in [1.29, 1.82) is 0 Å². The summed E-state index contributed by atoms with van der Waals surface area (Å²) in [6.07, 6.45) is 5.07. The average molecular weight is 383 g/mol. The van der Waals surface area contributed by atoms with E-state index < -0.39 is 0 Å². The van der Waals surface area contributed by atoms with Crippen molar-refractivity contribution in [2.45, 2.75) is 19.3 Å². The van der Waals surface area contributed by atoms with E-state index in [4.69, 9.17) is 11.6 Å². The number of piperidine rings is 1. The largest absolute Gasteiger partial charge is 0.370 e. The van der Waals surface area contributed by atoms with Crippen molar-refractivity contribution in [3.8, 4) is 5.69 Å². The first-order chi connectivity index (χ1) is 13.2. The lowest BCUT2D eigenvalue weighted by atomic mass is 10.1. The molecular weight excluding hydrogens is 364 g/mol. The van der Waals surface area contributed by atoms with Gasteiger partial charge in [0.15, 0.2) is 0 Å². The van der Waals surface area contributed by atoms with Crippen LogP contribution in [0, 0.1) is 0 Å². The standard InChI is InChI=1S/C19H19ClN6O/c20-15-6-4-14(5-7-15)19(27)22-17-12-16(26-13-21-23-24-26)8-9-18(17)25-10-2-1-3-11-25/h4-9,12-13H,1-3,10-11H2,(H,22,27). The molecule has 2 aromatic carbocycles. The Morgan fingerprint density at radius 1 is 1.04 bits per heavy atom. The lowest BCUT2D eigenvalue weighted by molar-refractivity contribution is 0.102.